The Morgan fingerprint density at radius 1 is 1.67 bits per heavy atom. The average molecular weight is 207 g/mol. The van der Waals surface area contributed by atoms with Crippen LogP contribution in [0.5, 0.6) is 5.75 Å². The predicted octanol–water partition coefficient (Wildman–Crippen LogP) is 0.965. The van der Waals surface area contributed by atoms with E-state index in [4.69, 9.17) is 15.6 Å². The zero-order valence-electron chi connectivity index (χ0n) is 8.43. The first kappa shape index (κ1) is 9.98. The van der Waals surface area contributed by atoms with Gasteiger partial charge in [-0.2, -0.15) is 0 Å². The molecule has 15 heavy (non-hydrogen) atoms. The van der Waals surface area contributed by atoms with Gasteiger partial charge in [-0.15, -0.1) is 0 Å². The number of methoxy groups -OCH3 is 1. The predicted molar refractivity (Wildman–Crippen MR) is 54.9 cm³/mol. The Kier molecular flexibility index (Phi) is 2.16. The zero-order chi connectivity index (χ0) is 11.1. The molecule has 1 aliphatic carbocycles. The molecule has 1 aromatic carbocycles. The Morgan fingerprint density at radius 2 is 2.40 bits per heavy atom. The average Bonchev–Trinajstić information content (AvgIpc) is 2.93. The van der Waals surface area contributed by atoms with Crippen LogP contribution in [0.3, 0.4) is 0 Å². The molecule has 3 N–H and O–H groups in total. The van der Waals surface area contributed by atoms with E-state index < -0.39 is 11.5 Å². The maximum Gasteiger partial charge on any atom is 0.324 e. The molecule has 1 saturated carbocycles. The standard InChI is InChI=1S/C11H13NO3/c1-15-8-4-2-3-7(5-8)9-6-11(9,12)10(13)14/h2-5,9H,6,12H2,1H3,(H,13,14)/t9-,11+/m0/s1. The molecule has 0 aliphatic heterocycles. The van der Waals surface area contributed by atoms with E-state index in [2.05, 4.69) is 0 Å². The Balaban J connectivity index is 2.23. The summed E-state index contributed by atoms with van der Waals surface area (Å²) < 4.78 is 5.07. The highest BCUT2D eigenvalue weighted by atomic mass is 16.5. The summed E-state index contributed by atoms with van der Waals surface area (Å²) in [6, 6.07) is 7.38. The molecule has 2 rings (SSSR count). The van der Waals surface area contributed by atoms with Gasteiger partial charge < -0.3 is 15.6 Å². The van der Waals surface area contributed by atoms with Crippen molar-refractivity contribution in [1.29, 1.82) is 0 Å². The molecule has 1 aromatic rings. The fourth-order valence-electron chi connectivity index (χ4n) is 1.79. The molecular formula is C11H13NO3. The molecule has 0 aromatic heterocycles. The van der Waals surface area contributed by atoms with E-state index in [1.54, 1.807) is 7.11 Å². The van der Waals surface area contributed by atoms with Crippen molar-refractivity contribution in [3.8, 4) is 5.75 Å². The molecule has 0 unspecified atom stereocenters. The number of hydrogen-bond acceptors (Lipinski definition) is 3. The van der Waals surface area contributed by atoms with Crippen molar-refractivity contribution >= 4 is 5.97 Å². The fraction of sp³-hybridized carbons (Fsp3) is 0.364. The smallest absolute Gasteiger partial charge is 0.324 e. The van der Waals surface area contributed by atoms with E-state index in [0.717, 1.165) is 11.3 Å². The Hall–Kier alpha value is -1.55. The molecule has 80 valence electrons. The highest BCUT2D eigenvalue weighted by molar-refractivity contribution is 5.84. The number of hydrogen-bond donors (Lipinski definition) is 2. The SMILES string of the molecule is COc1cccc([C@@H]2C[C@]2(N)C(=O)O)c1. The monoisotopic (exact) mass is 207 g/mol. The lowest BCUT2D eigenvalue weighted by Crippen LogP contribution is -2.34. The van der Waals surface area contributed by atoms with Crippen LogP contribution in [-0.4, -0.2) is 23.7 Å². The number of nitrogens with two attached hydrogens (primary N) is 1. The highest BCUT2D eigenvalue weighted by Crippen LogP contribution is 2.50. The summed E-state index contributed by atoms with van der Waals surface area (Å²) in [5, 5.41) is 8.91. The molecule has 1 fully saturated rings. The summed E-state index contributed by atoms with van der Waals surface area (Å²) >= 11 is 0. The van der Waals surface area contributed by atoms with E-state index in [1.165, 1.54) is 0 Å². The Bertz CT molecular complexity index is 405. The van der Waals surface area contributed by atoms with Crippen molar-refractivity contribution in [2.24, 2.45) is 5.73 Å². The van der Waals surface area contributed by atoms with Gasteiger partial charge >= 0.3 is 5.97 Å². The van der Waals surface area contributed by atoms with Gasteiger partial charge in [-0.3, -0.25) is 4.79 Å². The van der Waals surface area contributed by atoms with Crippen LogP contribution in [-0.2, 0) is 4.79 Å². The number of carboxylic acids is 1. The molecule has 0 bridgehead atoms. The minimum Gasteiger partial charge on any atom is -0.497 e. The van der Waals surface area contributed by atoms with Crippen molar-refractivity contribution < 1.29 is 14.6 Å². The number of carbonyl (C=O) groups is 1. The van der Waals surface area contributed by atoms with Gasteiger partial charge in [0, 0.05) is 5.92 Å². The summed E-state index contributed by atoms with van der Waals surface area (Å²) in [5.41, 5.74) is 5.57. The maximum absolute atomic E-state index is 10.9. The lowest BCUT2D eigenvalue weighted by molar-refractivity contribution is -0.139. The van der Waals surface area contributed by atoms with E-state index in [0.29, 0.717) is 6.42 Å². The third-order valence-corrected chi connectivity index (χ3v) is 2.90. The summed E-state index contributed by atoms with van der Waals surface area (Å²) in [6.45, 7) is 0. The minimum absolute atomic E-state index is 0.0925. The van der Waals surface area contributed by atoms with Crippen LogP contribution in [0.4, 0.5) is 0 Å². The second kappa shape index (κ2) is 3.24. The second-order valence-corrected chi connectivity index (χ2v) is 3.88. The molecule has 4 heteroatoms. The van der Waals surface area contributed by atoms with Crippen LogP contribution >= 0.6 is 0 Å². The lowest BCUT2D eigenvalue weighted by Gasteiger charge is -2.06. The molecule has 0 saturated heterocycles. The van der Waals surface area contributed by atoms with Crippen LogP contribution in [0.15, 0.2) is 24.3 Å². The molecule has 1 aliphatic rings. The van der Waals surface area contributed by atoms with Gasteiger partial charge in [-0.1, -0.05) is 12.1 Å². The van der Waals surface area contributed by atoms with Gasteiger partial charge in [0.05, 0.1) is 7.11 Å². The molecule has 0 radical (unpaired) electrons. The topological polar surface area (TPSA) is 72.5 Å². The van der Waals surface area contributed by atoms with Gasteiger partial charge in [-0.25, -0.2) is 0 Å². The lowest BCUT2D eigenvalue weighted by atomic mass is 10.1. The Labute approximate surface area is 87.7 Å². The first-order chi connectivity index (χ1) is 7.08. The second-order valence-electron chi connectivity index (χ2n) is 3.88. The molecule has 0 spiro atoms. The molecule has 0 heterocycles. The molecule has 2 atom stereocenters. The number of ether oxygens (including phenoxy) is 1. The van der Waals surface area contributed by atoms with Crippen LogP contribution in [0.2, 0.25) is 0 Å². The summed E-state index contributed by atoms with van der Waals surface area (Å²) in [7, 11) is 1.58. The zero-order valence-corrected chi connectivity index (χ0v) is 8.43. The number of rotatable bonds is 3. The van der Waals surface area contributed by atoms with Crippen LogP contribution in [0, 0.1) is 0 Å². The van der Waals surface area contributed by atoms with Crippen LogP contribution in [0.25, 0.3) is 0 Å². The summed E-state index contributed by atoms with van der Waals surface area (Å²) in [4.78, 5) is 10.9. The van der Waals surface area contributed by atoms with Crippen molar-refractivity contribution in [3.63, 3.8) is 0 Å². The maximum atomic E-state index is 10.9. The van der Waals surface area contributed by atoms with E-state index in [-0.39, 0.29) is 5.92 Å². The normalized spacial score (nSPS) is 28.5. The number of carboxylic acid groups (broad SMARTS) is 1. The number of aliphatic carboxylic acids is 1. The molecule has 0 amide bonds. The van der Waals surface area contributed by atoms with Gasteiger partial charge in [0.15, 0.2) is 0 Å². The minimum atomic E-state index is -1.08. The quantitative estimate of drug-likeness (QED) is 0.774. The van der Waals surface area contributed by atoms with Crippen molar-refractivity contribution in [1.82, 2.24) is 0 Å². The third kappa shape index (κ3) is 1.57. The molecule has 4 nitrogen and oxygen atoms in total. The summed E-state index contributed by atoms with van der Waals surface area (Å²) in [5.74, 6) is -0.299. The van der Waals surface area contributed by atoms with Crippen molar-refractivity contribution in [2.45, 2.75) is 17.9 Å². The van der Waals surface area contributed by atoms with Gasteiger partial charge in [0.25, 0.3) is 0 Å². The van der Waals surface area contributed by atoms with E-state index in [1.807, 2.05) is 24.3 Å². The highest BCUT2D eigenvalue weighted by Gasteiger charge is 2.58. The van der Waals surface area contributed by atoms with Gasteiger partial charge in [-0.05, 0) is 24.1 Å². The first-order valence-corrected chi connectivity index (χ1v) is 4.74. The van der Waals surface area contributed by atoms with E-state index in [9.17, 15) is 4.79 Å². The van der Waals surface area contributed by atoms with Gasteiger partial charge in [0.1, 0.15) is 11.3 Å². The first-order valence-electron chi connectivity index (χ1n) is 4.74. The Morgan fingerprint density at radius 3 is 2.93 bits per heavy atom. The fourth-order valence-corrected chi connectivity index (χ4v) is 1.79. The van der Waals surface area contributed by atoms with Crippen molar-refractivity contribution in [2.75, 3.05) is 7.11 Å². The number of benzene rings is 1. The largest absolute Gasteiger partial charge is 0.497 e. The molecular weight excluding hydrogens is 194 g/mol. The van der Waals surface area contributed by atoms with Crippen LogP contribution < -0.4 is 10.5 Å². The van der Waals surface area contributed by atoms with Crippen LogP contribution in [0.1, 0.15) is 17.9 Å². The van der Waals surface area contributed by atoms with Crippen molar-refractivity contribution in [3.05, 3.63) is 29.8 Å². The van der Waals surface area contributed by atoms with E-state index >= 15 is 0 Å². The van der Waals surface area contributed by atoms with Gasteiger partial charge in [0.2, 0.25) is 0 Å². The third-order valence-electron chi connectivity index (χ3n) is 2.90. The summed E-state index contributed by atoms with van der Waals surface area (Å²) in [6.07, 6.45) is 0.496.